The van der Waals surface area contributed by atoms with Gasteiger partial charge in [0.05, 0.1) is 0 Å². The van der Waals surface area contributed by atoms with Crippen LogP contribution in [0.1, 0.15) is 19.4 Å². The van der Waals surface area contributed by atoms with Crippen LogP contribution in [0.25, 0.3) is 0 Å². The van der Waals surface area contributed by atoms with E-state index < -0.39 is 0 Å². The van der Waals surface area contributed by atoms with Crippen LogP contribution in [0.5, 0.6) is 0 Å². The Labute approximate surface area is 92.5 Å². The highest BCUT2D eigenvalue weighted by Gasteiger charge is 2.04. The number of nitrogens with two attached hydrogens (primary N) is 1. The highest BCUT2D eigenvalue weighted by atomic mass is 35.5. The monoisotopic (exact) mass is 214 g/mol. The first-order chi connectivity index (χ1) is 6.19. The van der Waals surface area contributed by atoms with Gasteiger partial charge in [-0.3, -0.25) is 0 Å². The quantitative estimate of drug-likeness (QED) is 0.785. The fourth-order valence-electron chi connectivity index (χ4n) is 1.53. The van der Waals surface area contributed by atoms with E-state index in [4.69, 9.17) is 5.73 Å². The lowest BCUT2D eigenvalue weighted by molar-refractivity contribution is 0.862. The Morgan fingerprint density at radius 2 is 1.79 bits per heavy atom. The molecule has 0 saturated carbocycles. The predicted octanol–water partition coefficient (Wildman–Crippen LogP) is 2.85. The van der Waals surface area contributed by atoms with Crippen LogP contribution in [-0.4, -0.2) is 13.1 Å². The number of hydrogen-bond donors (Lipinski definition) is 1. The highest BCUT2D eigenvalue weighted by molar-refractivity contribution is 5.85. The van der Waals surface area contributed by atoms with Gasteiger partial charge < -0.3 is 10.6 Å². The van der Waals surface area contributed by atoms with Crippen molar-refractivity contribution in [2.45, 2.75) is 20.8 Å². The van der Waals surface area contributed by atoms with E-state index in [2.05, 4.69) is 31.7 Å². The number of hydrogen-bond acceptors (Lipinski definition) is 2. The average molecular weight is 215 g/mol. The highest BCUT2D eigenvalue weighted by Crippen LogP contribution is 2.22. The molecule has 0 radical (unpaired) electrons. The summed E-state index contributed by atoms with van der Waals surface area (Å²) in [6.45, 7) is 8.49. The van der Waals surface area contributed by atoms with Crippen LogP contribution in [0.2, 0.25) is 0 Å². The van der Waals surface area contributed by atoms with Crippen molar-refractivity contribution in [2.75, 3.05) is 23.7 Å². The molecule has 2 nitrogen and oxygen atoms in total. The number of rotatable bonds is 3. The largest absolute Gasteiger partial charge is 0.399 e. The third-order valence-corrected chi connectivity index (χ3v) is 2.34. The van der Waals surface area contributed by atoms with Gasteiger partial charge >= 0.3 is 0 Å². The summed E-state index contributed by atoms with van der Waals surface area (Å²) < 4.78 is 0. The molecule has 0 amide bonds. The molecule has 0 unspecified atom stereocenters. The summed E-state index contributed by atoms with van der Waals surface area (Å²) in [5.74, 6) is 0. The van der Waals surface area contributed by atoms with Crippen molar-refractivity contribution in [3.63, 3.8) is 0 Å². The Balaban J connectivity index is 0.00000169. The molecule has 1 aromatic carbocycles. The molecule has 80 valence electrons. The Bertz CT molecular complexity index is 283. The summed E-state index contributed by atoms with van der Waals surface area (Å²) in [5, 5.41) is 0. The summed E-state index contributed by atoms with van der Waals surface area (Å²) in [7, 11) is 0. The molecule has 1 aromatic rings. The third kappa shape index (κ3) is 2.81. The van der Waals surface area contributed by atoms with Gasteiger partial charge in [-0.15, -0.1) is 12.4 Å². The van der Waals surface area contributed by atoms with Crippen molar-refractivity contribution in [3.8, 4) is 0 Å². The van der Waals surface area contributed by atoms with Gasteiger partial charge in [0.1, 0.15) is 0 Å². The summed E-state index contributed by atoms with van der Waals surface area (Å²) in [5.41, 5.74) is 9.13. The van der Waals surface area contributed by atoms with Crippen molar-refractivity contribution in [1.82, 2.24) is 0 Å². The normalized spacial score (nSPS) is 9.36. The van der Waals surface area contributed by atoms with Crippen LogP contribution >= 0.6 is 12.4 Å². The fourth-order valence-corrected chi connectivity index (χ4v) is 1.53. The molecule has 0 aliphatic carbocycles. The molecule has 0 fully saturated rings. The van der Waals surface area contributed by atoms with E-state index in [0.717, 1.165) is 18.8 Å². The number of nitrogens with zero attached hydrogens (tertiary/aromatic N) is 1. The van der Waals surface area contributed by atoms with E-state index in [0.29, 0.717) is 0 Å². The summed E-state index contributed by atoms with van der Waals surface area (Å²) in [6.07, 6.45) is 0. The average Bonchev–Trinajstić information content (AvgIpc) is 2.13. The van der Waals surface area contributed by atoms with Gasteiger partial charge in [0.25, 0.3) is 0 Å². The molecule has 1 rings (SSSR count). The summed E-state index contributed by atoms with van der Waals surface area (Å²) >= 11 is 0. The van der Waals surface area contributed by atoms with Gasteiger partial charge in [0.2, 0.25) is 0 Å². The topological polar surface area (TPSA) is 29.3 Å². The number of aryl methyl sites for hydroxylation is 1. The molecule has 0 bridgehead atoms. The zero-order valence-electron chi connectivity index (χ0n) is 9.08. The van der Waals surface area contributed by atoms with Crippen LogP contribution < -0.4 is 10.6 Å². The van der Waals surface area contributed by atoms with Crippen LogP contribution in [-0.2, 0) is 0 Å². The molecule has 0 heterocycles. The molecule has 3 heteroatoms. The number of halogens is 1. The van der Waals surface area contributed by atoms with Gasteiger partial charge in [-0.1, -0.05) is 6.07 Å². The van der Waals surface area contributed by atoms with E-state index >= 15 is 0 Å². The zero-order chi connectivity index (χ0) is 9.84. The van der Waals surface area contributed by atoms with Crippen LogP contribution in [0.4, 0.5) is 11.4 Å². The number of nitrogen functional groups attached to an aromatic ring is 1. The minimum atomic E-state index is 0. The smallest absolute Gasteiger partial charge is 0.0416 e. The second-order valence-electron chi connectivity index (χ2n) is 3.22. The standard InChI is InChI=1S/C11H18N2.ClH/c1-4-13(5-2)11-8-10(12)7-6-9(11)3;/h6-8H,4-5,12H2,1-3H3;1H. The second-order valence-corrected chi connectivity index (χ2v) is 3.22. The Morgan fingerprint density at radius 3 is 2.29 bits per heavy atom. The minimum Gasteiger partial charge on any atom is -0.399 e. The Morgan fingerprint density at radius 1 is 1.21 bits per heavy atom. The van der Waals surface area contributed by atoms with E-state index in [1.54, 1.807) is 0 Å². The van der Waals surface area contributed by atoms with Crippen LogP contribution in [0.15, 0.2) is 18.2 Å². The molecular weight excluding hydrogens is 196 g/mol. The lowest BCUT2D eigenvalue weighted by atomic mass is 10.1. The van der Waals surface area contributed by atoms with E-state index in [-0.39, 0.29) is 12.4 Å². The maximum absolute atomic E-state index is 5.75. The van der Waals surface area contributed by atoms with E-state index in [9.17, 15) is 0 Å². The van der Waals surface area contributed by atoms with E-state index in [1.165, 1.54) is 11.3 Å². The van der Waals surface area contributed by atoms with Crippen molar-refractivity contribution < 1.29 is 0 Å². The molecule has 0 aliphatic heterocycles. The molecule has 0 spiro atoms. The first-order valence-electron chi connectivity index (χ1n) is 4.80. The SMILES string of the molecule is CCN(CC)c1cc(N)ccc1C.Cl. The number of anilines is 2. The lowest BCUT2D eigenvalue weighted by Crippen LogP contribution is -2.22. The zero-order valence-corrected chi connectivity index (χ0v) is 9.90. The van der Waals surface area contributed by atoms with Gasteiger partial charge in [0, 0.05) is 24.5 Å². The molecule has 0 saturated heterocycles. The maximum atomic E-state index is 5.75. The van der Waals surface area contributed by atoms with E-state index in [1.807, 2.05) is 12.1 Å². The first kappa shape index (κ1) is 13.1. The lowest BCUT2D eigenvalue weighted by Gasteiger charge is -2.23. The molecular formula is C11H19ClN2. The minimum absolute atomic E-state index is 0. The Kier molecular flexibility index (Phi) is 5.39. The molecule has 0 aliphatic rings. The van der Waals surface area contributed by atoms with Crippen LogP contribution in [0.3, 0.4) is 0 Å². The van der Waals surface area contributed by atoms with Crippen LogP contribution in [0, 0.1) is 6.92 Å². The maximum Gasteiger partial charge on any atom is 0.0416 e. The van der Waals surface area contributed by atoms with Gasteiger partial charge in [-0.2, -0.15) is 0 Å². The summed E-state index contributed by atoms with van der Waals surface area (Å²) in [6, 6.07) is 6.06. The predicted molar refractivity (Wildman–Crippen MR) is 66.4 cm³/mol. The van der Waals surface area contributed by atoms with Gasteiger partial charge in [-0.05, 0) is 38.5 Å². The second kappa shape index (κ2) is 5.76. The molecule has 0 aromatic heterocycles. The third-order valence-electron chi connectivity index (χ3n) is 2.34. The number of benzene rings is 1. The molecule has 14 heavy (non-hydrogen) atoms. The molecule has 2 N–H and O–H groups in total. The Hall–Kier alpha value is -0.890. The fraction of sp³-hybridized carbons (Fsp3) is 0.455. The van der Waals surface area contributed by atoms with Gasteiger partial charge in [-0.25, -0.2) is 0 Å². The van der Waals surface area contributed by atoms with Crippen molar-refractivity contribution in [3.05, 3.63) is 23.8 Å². The summed E-state index contributed by atoms with van der Waals surface area (Å²) in [4.78, 5) is 2.31. The van der Waals surface area contributed by atoms with Crippen molar-refractivity contribution in [2.24, 2.45) is 0 Å². The first-order valence-corrected chi connectivity index (χ1v) is 4.80. The van der Waals surface area contributed by atoms with Crippen molar-refractivity contribution in [1.29, 1.82) is 0 Å². The van der Waals surface area contributed by atoms with Crippen molar-refractivity contribution >= 4 is 23.8 Å². The molecule has 0 atom stereocenters. The van der Waals surface area contributed by atoms with Gasteiger partial charge in [0.15, 0.2) is 0 Å².